The predicted octanol–water partition coefficient (Wildman–Crippen LogP) is 3.60. The Morgan fingerprint density at radius 1 is 1.19 bits per heavy atom. The Morgan fingerprint density at radius 3 is 2.38 bits per heavy atom. The summed E-state index contributed by atoms with van der Waals surface area (Å²) in [7, 11) is 0. The molecule has 1 aliphatic carbocycles. The number of nitrogens with zero attached hydrogens (tertiary/aromatic N) is 4. The van der Waals surface area contributed by atoms with Crippen molar-refractivity contribution in [3.63, 3.8) is 0 Å². The van der Waals surface area contributed by atoms with E-state index in [4.69, 9.17) is 5.73 Å². The molecule has 0 radical (unpaired) electrons. The number of nitriles is 2. The molecular formula is C19H13N5O2. The molecule has 0 aliphatic heterocycles. The van der Waals surface area contributed by atoms with Gasteiger partial charge < -0.3 is 5.73 Å². The predicted molar refractivity (Wildman–Crippen MR) is 97.3 cm³/mol. The molecule has 0 unspecified atom stereocenters. The molecule has 7 nitrogen and oxygen atoms in total. The fourth-order valence-corrected chi connectivity index (χ4v) is 3.05. The lowest BCUT2D eigenvalue weighted by Gasteiger charge is -2.10. The summed E-state index contributed by atoms with van der Waals surface area (Å²) in [4.78, 5) is 14.6. The summed E-state index contributed by atoms with van der Waals surface area (Å²) in [6, 6.07) is 10.3. The van der Waals surface area contributed by atoms with E-state index in [9.17, 15) is 20.6 Å². The molecule has 7 heteroatoms. The maximum atomic E-state index is 10.8. The van der Waals surface area contributed by atoms with Gasteiger partial charge in [0.2, 0.25) is 0 Å². The van der Waals surface area contributed by atoms with E-state index in [1.54, 1.807) is 26.0 Å². The van der Waals surface area contributed by atoms with Gasteiger partial charge in [0.05, 0.1) is 21.8 Å². The number of rotatable bonds is 2. The molecule has 0 saturated carbocycles. The maximum Gasteiger partial charge on any atom is 0.269 e. The molecule has 0 saturated heterocycles. The maximum absolute atomic E-state index is 10.8. The van der Waals surface area contributed by atoms with E-state index >= 15 is 0 Å². The van der Waals surface area contributed by atoms with Crippen molar-refractivity contribution >= 4 is 28.7 Å². The van der Waals surface area contributed by atoms with Crippen LogP contribution in [0.25, 0.3) is 17.2 Å². The monoisotopic (exact) mass is 343 g/mol. The number of pyridine rings is 1. The van der Waals surface area contributed by atoms with Gasteiger partial charge in [-0.2, -0.15) is 10.5 Å². The first-order valence-electron chi connectivity index (χ1n) is 7.67. The van der Waals surface area contributed by atoms with Crippen LogP contribution in [0.15, 0.2) is 29.8 Å². The first kappa shape index (κ1) is 16.9. The van der Waals surface area contributed by atoms with Gasteiger partial charge in [-0.3, -0.25) is 10.1 Å². The molecule has 2 aromatic rings. The SMILES string of the molecule is CC1=C(C#N)c2nc(N)c(C#N)c(C)c2/C1=C\c1ccc([N+](=O)[O-])cc1. The first-order valence-corrected chi connectivity index (χ1v) is 7.67. The van der Waals surface area contributed by atoms with Gasteiger partial charge in [0.25, 0.3) is 5.69 Å². The smallest absolute Gasteiger partial charge is 0.269 e. The lowest BCUT2D eigenvalue weighted by atomic mass is 9.95. The second-order valence-corrected chi connectivity index (χ2v) is 5.85. The topological polar surface area (TPSA) is 130 Å². The highest BCUT2D eigenvalue weighted by atomic mass is 16.6. The largest absolute Gasteiger partial charge is 0.383 e. The minimum absolute atomic E-state index is 0.00124. The number of nitro benzene ring substituents is 1. The van der Waals surface area contributed by atoms with Crippen LogP contribution >= 0.6 is 0 Å². The van der Waals surface area contributed by atoms with Crippen LogP contribution in [0.5, 0.6) is 0 Å². The lowest BCUT2D eigenvalue weighted by molar-refractivity contribution is -0.384. The molecule has 1 heterocycles. The summed E-state index contributed by atoms with van der Waals surface area (Å²) >= 11 is 0. The summed E-state index contributed by atoms with van der Waals surface area (Å²) in [6.45, 7) is 3.58. The lowest BCUT2D eigenvalue weighted by Crippen LogP contribution is -2.03. The molecule has 0 atom stereocenters. The standard InChI is InChI=1S/C19H13N5O2/c1-10-14(7-12-3-5-13(6-4-12)24(25)26)17-11(2)16(9-21)19(22)23-18(17)15(10)8-20/h3-7H,1-2H3,(H2,22,23)/b14-7-. The number of hydrogen-bond donors (Lipinski definition) is 1. The van der Waals surface area contributed by atoms with Crippen molar-refractivity contribution < 1.29 is 4.92 Å². The van der Waals surface area contributed by atoms with Crippen molar-refractivity contribution in [2.24, 2.45) is 0 Å². The normalized spacial score (nSPS) is 14.1. The number of allylic oxidation sites excluding steroid dienone is 3. The molecule has 0 fully saturated rings. The summed E-state index contributed by atoms with van der Waals surface area (Å²) in [5.41, 5.74) is 10.6. The zero-order chi connectivity index (χ0) is 19.0. The summed E-state index contributed by atoms with van der Waals surface area (Å²) < 4.78 is 0. The van der Waals surface area contributed by atoms with Gasteiger partial charge in [0, 0.05) is 17.7 Å². The molecule has 1 aromatic carbocycles. The molecule has 0 spiro atoms. The highest BCUT2D eigenvalue weighted by Crippen LogP contribution is 2.44. The minimum atomic E-state index is -0.462. The van der Waals surface area contributed by atoms with Gasteiger partial charge in [-0.25, -0.2) is 4.98 Å². The van der Waals surface area contributed by atoms with E-state index in [0.717, 1.165) is 16.7 Å². The van der Waals surface area contributed by atoms with Gasteiger partial charge in [-0.05, 0) is 54.3 Å². The number of non-ortho nitro benzene ring substituents is 1. The van der Waals surface area contributed by atoms with Crippen LogP contribution < -0.4 is 5.73 Å². The molecule has 1 aromatic heterocycles. The number of nitrogens with two attached hydrogens (primary N) is 1. The Morgan fingerprint density at radius 2 is 1.85 bits per heavy atom. The highest BCUT2D eigenvalue weighted by molar-refractivity contribution is 6.08. The Labute approximate surface area is 149 Å². The van der Waals surface area contributed by atoms with E-state index < -0.39 is 4.92 Å². The van der Waals surface area contributed by atoms with Crippen molar-refractivity contribution in [2.45, 2.75) is 13.8 Å². The van der Waals surface area contributed by atoms with E-state index in [1.165, 1.54) is 12.1 Å². The first-order chi connectivity index (χ1) is 12.4. The van der Waals surface area contributed by atoms with E-state index in [1.807, 2.05) is 6.08 Å². The average molecular weight is 343 g/mol. The van der Waals surface area contributed by atoms with E-state index in [2.05, 4.69) is 17.1 Å². The van der Waals surface area contributed by atoms with Crippen LogP contribution in [-0.4, -0.2) is 9.91 Å². The van der Waals surface area contributed by atoms with Crippen molar-refractivity contribution in [3.05, 3.63) is 67.9 Å². The van der Waals surface area contributed by atoms with Crippen LogP contribution in [0.3, 0.4) is 0 Å². The van der Waals surface area contributed by atoms with Gasteiger partial charge in [0.1, 0.15) is 18.0 Å². The minimum Gasteiger partial charge on any atom is -0.383 e. The van der Waals surface area contributed by atoms with Crippen molar-refractivity contribution in [1.29, 1.82) is 10.5 Å². The second kappa shape index (κ2) is 6.15. The Hall–Kier alpha value is -3.97. The quantitative estimate of drug-likeness (QED) is 0.655. The molecular weight excluding hydrogens is 330 g/mol. The van der Waals surface area contributed by atoms with E-state index in [-0.39, 0.29) is 17.1 Å². The molecule has 1 aliphatic rings. The number of nitrogen functional groups attached to an aromatic ring is 1. The average Bonchev–Trinajstić information content (AvgIpc) is 2.87. The third kappa shape index (κ3) is 2.48. The Balaban J connectivity index is 2.24. The van der Waals surface area contributed by atoms with Gasteiger partial charge in [-0.1, -0.05) is 0 Å². The third-order valence-electron chi connectivity index (χ3n) is 4.40. The molecule has 126 valence electrons. The van der Waals surface area contributed by atoms with Crippen LogP contribution in [-0.2, 0) is 0 Å². The zero-order valence-corrected chi connectivity index (χ0v) is 14.1. The van der Waals surface area contributed by atoms with Gasteiger partial charge in [-0.15, -0.1) is 0 Å². The van der Waals surface area contributed by atoms with Crippen LogP contribution in [0, 0.1) is 39.7 Å². The zero-order valence-electron chi connectivity index (χ0n) is 14.1. The van der Waals surface area contributed by atoms with Gasteiger partial charge in [0.15, 0.2) is 0 Å². The van der Waals surface area contributed by atoms with Crippen molar-refractivity contribution in [3.8, 4) is 12.1 Å². The van der Waals surface area contributed by atoms with Crippen LogP contribution in [0.2, 0.25) is 0 Å². The van der Waals surface area contributed by atoms with Crippen molar-refractivity contribution in [2.75, 3.05) is 5.73 Å². The molecule has 0 bridgehead atoms. The van der Waals surface area contributed by atoms with Crippen LogP contribution in [0.1, 0.15) is 34.9 Å². The van der Waals surface area contributed by atoms with Crippen LogP contribution in [0.4, 0.5) is 11.5 Å². The second-order valence-electron chi connectivity index (χ2n) is 5.85. The fourth-order valence-electron chi connectivity index (χ4n) is 3.05. The molecule has 26 heavy (non-hydrogen) atoms. The van der Waals surface area contributed by atoms with Gasteiger partial charge >= 0.3 is 0 Å². The summed E-state index contributed by atoms with van der Waals surface area (Å²) in [5, 5.41) is 29.7. The number of nitro groups is 1. The number of aromatic nitrogens is 1. The molecule has 2 N–H and O–H groups in total. The number of hydrogen-bond acceptors (Lipinski definition) is 6. The Bertz CT molecular complexity index is 1100. The summed E-state index contributed by atoms with van der Waals surface area (Å²) in [5.74, 6) is 0.0980. The number of anilines is 1. The number of fused-ring (bicyclic) bond motifs is 1. The molecule has 0 amide bonds. The molecule has 3 rings (SSSR count). The van der Waals surface area contributed by atoms with Crippen molar-refractivity contribution in [1.82, 2.24) is 4.98 Å². The highest BCUT2D eigenvalue weighted by Gasteiger charge is 2.29. The van der Waals surface area contributed by atoms with E-state index in [0.29, 0.717) is 22.4 Å². The number of benzene rings is 1. The summed E-state index contributed by atoms with van der Waals surface area (Å²) in [6.07, 6.45) is 1.83. The Kier molecular flexibility index (Phi) is 3.99. The third-order valence-corrected chi connectivity index (χ3v) is 4.40. The fraction of sp³-hybridized carbons (Fsp3) is 0.105.